The quantitative estimate of drug-likeness (QED) is 0.943. The summed E-state index contributed by atoms with van der Waals surface area (Å²) in [5, 5.41) is 11.1. The zero-order valence-corrected chi connectivity index (χ0v) is 13.1. The Morgan fingerprint density at radius 3 is 2.33 bits per heavy atom. The van der Waals surface area contributed by atoms with E-state index in [-0.39, 0.29) is 10.8 Å². The Hall–Kier alpha value is -1.90. The van der Waals surface area contributed by atoms with Gasteiger partial charge in [0, 0.05) is 0 Å². The van der Waals surface area contributed by atoms with Crippen LogP contribution in [0.1, 0.15) is 20.8 Å². The smallest absolute Gasteiger partial charge is 0.207 e. The van der Waals surface area contributed by atoms with Crippen molar-refractivity contribution in [3.05, 3.63) is 42.5 Å². The molecule has 0 aliphatic rings. The average Bonchev–Trinajstić information content (AvgIpc) is 2.46. The molecule has 1 atom stereocenters. The third-order valence-corrected chi connectivity index (χ3v) is 5.33. The van der Waals surface area contributed by atoms with Crippen molar-refractivity contribution >= 4 is 20.8 Å². The second-order valence-corrected chi connectivity index (χ2v) is 7.27. The number of hydrogen-bond donors (Lipinski definition) is 1. The first-order valence-electron chi connectivity index (χ1n) is 6.72. The number of benzene rings is 2. The molecule has 2 rings (SSSR count). The molecule has 110 valence electrons. The molecule has 1 N–H and O–H groups in total. The van der Waals surface area contributed by atoms with Gasteiger partial charge in [0.05, 0.1) is 11.0 Å². The van der Waals surface area contributed by atoms with E-state index in [4.69, 9.17) is 0 Å². The number of rotatable bonds is 4. The van der Waals surface area contributed by atoms with Gasteiger partial charge in [0.1, 0.15) is 5.54 Å². The maximum absolute atomic E-state index is 12.5. The van der Waals surface area contributed by atoms with Gasteiger partial charge >= 0.3 is 0 Å². The van der Waals surface area contributed by atoms with Crippen molar-refractivity contribution in [2.24, 2.45) is 5.92 Å². The fourth-order valence-electron chi connectivity index (χ4n) is 1.94. The van der Waals surface area contributed by atoms with Crippen LogP contribution >= 0.6 is 0 Å². The maximum atomic E-state index is 12.5. The largest absolute Gasteiger partial charge is 0.241 e. The van der Waals surface area contributed by atoms with E-state index in [1.807, 2.05) is 38.1 Å². The summed E-state index contributed by atoms with van der Waals surface area (Å²) in [4.78, 5) is 0.170. The van der Waals surface area contributed by atoms with Gasteiger partial charge in [-0.2, -0.15) is 9.98 Å². The van der Waals surface area contributed by atoms with Crippen LogP contribution in [-0.4, -0.2) is 14.0 Å². The van der Waals surface area contributed by atoms with Crippen molar-refractivity contribution in [3.8, 4) is 6.07 Å². The number of sulfonamides is 1. The Bertz CT molecular complexity index is 806. The summed E-state index contributed by atoms with van der Waals surface area (Å²) < 4.78 is 27.5. The summed E-state index contributed by atoms with van der Waals surface area (Å²) in [6.45, 7) is 5.22. The first-order chi connectivity index (χ1) is 9.78. The summed E-state index contributed by atoms with van der Waals surface area (Å²) in [6.07, 6.45) is 0. The van der Waals surface area contributed by atoms with Crippen molar-refractivity contribution in [1.29, 1.82) is 5.26 Å². The molecule has 0 heterocycles. The molecule has 0 bridgehead atoms. The van der Waals surface area contributed by atoms with Crippen LogP contribution in [-0.2, 0) is 10.0 Å². The molecule has 5 heteroatoms. The first-order valence-corrected chi connectivity index (χ1v) is 8.21. The standard InChI is InChI=1S/C16H18N2O2S/c1-12(2)16(3,11-17)18-21(19,20)15-9-8-13-6-4-5-7-14(13)10-15/h4-10,12,18H,1-3H3/t16-/m0/s1. The molecule has 0 amide bonds. The van der Waals surface area contributed by atoms with Gasteiger partial charge in [-0.3, -0.25) is 0 Å². The fourth-order valence-corrected chi connectivity index (χ4v) is 3.43. The molecule has 21 heavy (non-hydrogen) atoms. The van der Waals surface area contributed by atoms with E-state index in [9.17, 15) is 13.7 Å². The van der Waals surface area contributed by atoms with Crippen molar-refractivity contribution < 1.29 is 8.42 Å². The monoisotopic (exact) mass is 302 g/mol. The minimum absolute atomic E-state index is 0.141. The van der Waals surface area contributed by atoms with Crippen LogP contribution in [0.3, 0.4) is 0 Å². The molecule has 0 aromatic heterocycles. The van der Waals surface area contributed by atoms with Crippen LogP contribution in [0.5, 0.6) is 0 Å². The molecular weight excluding hydrogens is 284 g/mol. The maximum Gasteiger partial charge on any atom is 0.241 e. The fraction of sp³-hybridized carbons (Fsp3) is 0.312. The summed E-state index contributed by atoms with van der Waals surface area (Å²) in [7, 11) is -3.74. The Morgan fingerprint density at radius 2 is 1.76 bits per heavy atom. The SMILES string of the molecule is CC(C)[C@](C)(C#N)NS(=O)(=O)c1ccc2ccccc2c1. The third-order valence-electron chi connectivity index (χ3n) is 3.76. The predicted molar refractivity (Wildman–Crippen MR) is 83.1 cm³/mol. The van der Waals surface area contributed by atoms with Crippen LogP contribution in [0.15, 0.2) is 47.4 Å². The number of nitrogens with one attached hydrogen (secondary N) is 1. The molecule has 4 nitrogen and oxygen atoms in total. The van der Waals surface area contributed by atoms with E-state index >= 15 is 0 Å². The minimum Gasteiger partial charge on any atom is -0.207 e. The van der Waals surface area contributed by atoms with Crippen LogP contribution in [0.2, 0.25) is 0 Å². The van der Waals surface area contributed by atoms with Gasteiger partial charge in [0.25, 0.3) is 0 Å². The molecule has 2 aromatic carbocycles. The van der Waals surface area contributed by atoms with Gasteiger partial charge in [0.15, 0.2) is 0 Å². The highest BCUT2D eigenvalue weighted by molar-refractivity contribution is 7.89. The lowest BCUT2D eigenvalue weighted by molar-refractivity contribution is 0.389. The highest BCUT2D eigenvalue weighted by atomic mass is 32.2. The molecule has 0 aliphatic carbocycles. The first kappa shape index (κ1) is 15.5. The second-order valence-electron chi connectivity index (χ2n) is 5.58. The van der Waals surface area contributed by atoms with E-state index in [0.717, 1.165) is 10.8 Å². The van der Waals surface area contributed by atoms with Crippen LogP contribution in [0, 0.1) is 17.2 Å². The van der Waals surface area contributed by atoms with E-state index in [0.29, 0.717) is 0 Å². The van der Waals surface area contributed by atoms with Gasteiger partial charge in [-0.15, -0.1) is 0 Å². The Morgan fingerprint density at radius 1 is 1.14 bits per heavy atom. The highest BCUT2D eigenvalue weighted by Gasteiger charge is 2.33. The Kier molecular flexibility index (Phi) is 4.04. The molecule has 0 radical (unpaired) electrons. The van der Waals surface area contributed by atoms with Crippen molar-refractivity contribution in [2.75, 3.05) is 0 Å². The Labute approximate surface area is 125 Å². The zero-order chi connectivity index (χ0) is 15.7. The van der Waals surface area contributed by atoms with Gasteiger partial charge in [-0.1, -0.05) is 44.2 Å². The number of fused-ring (bicyclic) bond motifs is 1. The van der Waals surface area contributed by atoms with Crippen LogP contribution < -0.4 is 4.72 Å². The summed E-state index contributed by atoms with van der Waals surface area (Å²) in [6, 6.07) is 14.5. The van der Waals surface area contributed by atoms with Crippen LogP contribution in [0.25, 0.3) is 10.8 Å². The molecular formula is C16H18N2O2S. The molecule has 0 saturated carbocycles. The number of nitrogens with zero attached hydrogens (tertiary/aromatic N) is 1. The third kappa shape index (κ3) is 3.07. The number of nitriles is 1. The van der Waals surface area contributed by atoms with Gasteiger partial charge in [0.2, 0.25) is 10.0 Å². The van der Waals surface area contributed by atoms with Crippen molar-refractivity contribution in [1.82, 2.24) is 4.72 Å². The van der Waals surface area contributed by atoms with E-state index < -0.39 is 15.6 Å². The normalized spacial score (nSPS) is 14.8. The molecule has 0 unspecified atom stereocenters. The molecule has 0 saturated heterocycles. The average molecular weight is 302 g/mol. The van der Waals surface area contributed by atoms with Gasteiger partial charge in [-0.05, 0) is 35.7 Å². The Balaban J connectivity index is 2.45. The lowest BCUT2D eigenvalue weighted by Crippen LogP contribution is -2.48. The van der Waals surface area contributed by atoms with E-state index in [1.165, 1.54) is 0 Å². The van der Waals surface area contributed by atoms with Crippen molar-refractivity contribution in [2.45, 2.75) is 31.2 Å². The molecule has 0 spiro atoms. The van der Waals surface area contributed by atoms with E-state index in [1.54, 1.807) is 25.1 Å². The molecule has 0 fully saturated rings. The van der Waals surface area contributed by atoms with E-state index in [2.05, 4.69) is 10.8 Å². The minimum atomic E-state index is -3.74. The summed E-state index contributed by atoms with van der Waals surface area (Å²) in [5.41, 5.74) is -1.13. The second kappa shape index (κ2) is 5.47. The zero-order valence-electron chi connectivity index (χ0n) is 12.3. The molecule has 0 aliphatic heterocycles. The lowest BCUT2D eigenvalue weighted by Gasteiger charge is -2.27. The van der Waals surface area contributed by atoms with Crippen molar-refractivity contribution in [3.63, 3.8) is 0 Å². The predicted octanol–water partition coefficient (Wildman–Crippen LogP) is 3.06. The van der Waals surface area contributed by atoms with Gasteiger partial charge in [-0.25, -0.2) is 8.42 Å². The van der Waals surface area contributed by atoms with Crippen LogP contribution in [0.4, 0.5) is 0 Å². The van der Waals surface area contributed by atoms with Gasteiger partial charge < -0.3 is 0 Å². The summed E-state index contributed by atoms with van der Waals surface area (Å²) >= 11 is 0. The number of hydrogen-bond acceptors (Lipinski definition) is 3. The topological polar surface area (TPSA) is 70.0 Å². The molecule has 2 aromatic rings. The highest BCUT2D eigenvalue weighted by Crippen LogP contribution is 2.22. The summed E-state index contributed by atoms with van der Waals surface area (Å²) in [5.74, 6) is -0.141. The lowest BCUT2D eigenvalue weighted by atomic mass is 9.92.